The minimum Gasteiger partial charge on any atom is -0.466 e. The number of aromatic nitrogens is 2. The van der Waals surface area contributed by atoms with E-state index in [0.717, 1.165) is 41.0 Å². The van der Waals surface area contributed by atoms with Crippen LogP contribution in [-0.4, -0.2) is 77.4 Å². The molecule has 0 spiro atoms. The summed E-state index contributed by atoms with van der Waals surface area (Å²) in [5.74, 6) is -0.201. The number of carbonyl (C=O) groups is 3. The van der Waals surface area contributed by atoms with Crippen LogP contribution in [0.4, 0.5) is 5.69 Å². The Morgan fingerprint density at radius 3 is 2.58 bits per heavy atom. The predicted octanol–water partition coefficient (Wildman–Crippen LogP) is 3.38. The van der Waals surface area contributed by atoms with Gasteiger partial charge < -0.3 is 24.8 Å². The van der Waals surface area contributed by atoms with Gasteiger partial charge in [0.25, 0.3) is 0 Å². The molecule has 0 bridgehead atoms. The van der Waals surface area contributed by atoms with Crippen LogP contribution in [-0.2, 0) is 31.0 Å². The number of nitrogens with zero attached hydrogens (tertiary/aromatic N) is 4. The number of nitriles is 1. The third kappa shape index (κ3) is 6.60. The number of anilines is 1. The third-order valence-electron chi connectivity index (χ3n) is 7.32. The molecule has 3 aromatic rings. The first kappa shape index (κ1) is 28.6. The molecule has 2 heterocycles. The number of fused-ring (bicyclic) bond motifs is 1. The van der Waals surface area contributed by atoms with Gasteiger partial charge in [-0.2, -0.15) is 5.26 Å². The highest BCUT2D eigenvalue weighted by Crippen LogP contribution is 2.31. The Balaban J connectivity index is 1.52. The number of esters is 1. The molecule has 1 aliphatic rings. The van der Waals surface area contributed by atoms with Crippen LogP contribution < -0.4 is 5.32 Å². The van der Waals surface area contributed by atoms with Crippen LogP contribution in [0.1, 0.15) is 50.1 Å². The van der Waals surface area contributed by atoms with Crippen molar-refractivity contribution in [2.75, 3.05) is 45.2 Å². The van der Waals surface area contributed by atoms with E-state index in [-0.39, 0.29) is 25.5 Å². The summed E-state index contributed by atoms with van der Waals surface area (Å²) in [7, 11) is 1.61. The van der Waals surface area contributed by atoms with Gasteiger partial charge >= 0.3 is 5.97 Å². The largest absolute Gasteiger partial charge is 0.466 e. The Bertz CT molecular complexity index is 1400. The minimum atomic E-state index is -1.02. The number of ether oxygens (including phenoxy) is 1. The zero-order valence-electron chi connectivity index (χ0n) is 23.3. The highest BCUT2D eigenvalue weighted by molar-refractivity contribution is 5.95. The van der Waals surface area contributed by atoms with E-state index >= 15 is 0 Å². The SMILES string of the molecule is CCOC(=O)CC(=O)N(C)CC(C)(C(=O)N1CCCC1)c1ccc2[nH]c(CCNc3ccc(C#N)cc3)nc2c1. The fraction of sp³-hybridized carbons (Fsp3) is 0.433. The Kier molecular flexibility index (Phi) is 9.04. The Morgan fingerprint density at radius 2 is 1.90 bits per heavy atom. The minimum absolute atomic E-state index is 0.0393. The molecule has 2 N–H and O–H groups in total. The standard InChI is InChI=1S/C30H36N6O4/c1-4-40-28(38)18-27(37)35(3)20-30(2,29(39)36-15-5-6-16-36)22-9-12-24-25(17-22)34-26(33-24)13-14-32-23-10-7-21(19-31)8-11-23/h7-12,17,32H,4-6,13-16,18,20H2,1-3H3,(H,33,34). The summed E-state index contributed by atoms with van der Waals surface area (Å²) in [4.78, 5) is 50.0. The van der Waals surface area contributed by atoms with Crippen molar-refractivity contribution in [2.45, 2.75) is 44.9 Å². The summed E-state index contributed by atoms with van der Waals surface area (Å²) in [5, 5.41) is 12.3. The lowest BCUT2D eigenvalue weighted by Crippen LogP contribution is -2.51. The molecular weight excluding hydrogens is 508 g/mol. The average Bonchev–Trinajstić information content (AvgIpc) is 3.62. The van der Waals surface area contributed by atoms with Crippen molar-refractivity contribution >= 4 is 34.5 Å². The molecule has 2 aromatic carbocycles. The van der Waals surface area contributed by atoms with Crippen LogP contribution in [0.15, 0.2) is 42.5 Å². The van der Waals surface area contributed by atoms with Crippen LogP contribution in [0.5, 0.6) is 0 Å². The predicted molar refractivity (Wildman–Crippen MR) is 151 cm³/mol. The van der Waals surface area contributed by atoms with Gasteiger partial charge in [-0.1, -0.05) is 6.07 Å². The van der Waals surface area contributed by atoms with Crippen molar-refractivity contribution in [2.24, 2.45) is 0 Å². The van der Waals surface area contributed by atoms with E-state index in [4.69, 9.17) is 15.0 Å². The molecule has 0 aliphatic carbocycles. The van der Waals surface area contributed by atoms with Gasteiger partial charge in [0.1, 0.15) is 12.2 Å². The van der Waals surface area contributed by atoms with Crippen molar-refractivity contribution in [1.82, 2.24) is 19.8 Å². The Hall–Kier alpha value is -4.39. The Morgan fingerprint density at radius 1 is 1.18 bits per heavy atom. The maximum atomic E-state index is 13.9. The Labute approximate surface area is 234 Å². The second-order valence-electron chi connectivity index (χ2n) is 10.3. The van der Waals surface area contributed by atoms with E-state index in [1.165, 1.54) is 4.90 Å². The van der Waals surface area contributed by atoms with Gasteiger partial charge in [-0.3, -0.25) is 14.4 Å². The van der Waals surface area contributed by atoms with Crippen LogP contribution >= 0.6 is 0 Å². The number of benzene rings is 2. The lowest BCUT2D eigenvalue weighted by molar-refractivity contribution is -0.148. The molecule has 1 atom stereocenters. The molecule has 1 aliphatic heterocycles. The van der Waals surface area contributed by atoms with Crippen molar-refractivity contribution < 1.29 is 19.1 Å². The molecule has 1 unspecified atom stereocenters. The molecule has 10 nitrogen and oxygen atoms in total. The summed E-state index contributed by atoms with van der Waals surface area (Å²) in [6.45, 7) is 5.91. The number of likely N-dealkylation sites (N-methyl/N-ethyl adjacent to an activating group) is 1. The van der Waals surface area contributed by atoms with E-state index in [0.29, 0.717) is 31.6 Å². The lowest BCUT2D eigenvalue weighted by atomic mass is 9.80. The number of hydrogen-bond acceptors (Lipinski definition) is 7. The lowest BCUT2D eigenvalue weighted by Gasteiger charge is -2.36. The van der Waals surface area contributed by atoms with Crippen LogP contribution in [0.25, 0.3) is 11.0 Å². The van der Waals surface area contributed by atoms with Crippen molar-refractivity contribution in [1.29, 1.82) is 5.26 Å². The topological polar surface area (TPSA) is 131 Å². The maximum absolute atomic E-state index is 13.9. The molecule has 4 rings (SSSR count). The first-order valence-electron chi connectivity index (χ1n) is 13.7. The molecule has 1 aromatic heterocycles. The van der Waals surface area contributed by atoms with E-state index in [1.54, 1.807) is 26.1 Å². The second-order valence-corrected chi connectivity index (χ2v) is 10.3. The van der Waals surface area contributed by atoms with Gasteiger partial charge in [-0.15, -0.1) is 0 Å². The number of aromatic amines is 1. The van der Waals surface area contributed by atoms with E-state index in [2.05, 4.69) is 16.4 Å². The first-order valence-corrected chi connectivity index (χ1v) is 13.7. The van der Waals surface area contributed by atoms with Gasteiger partial charge in [-0.25, -0.2) is 4.98 Å². The van der Waals surface area contributed by atoms with Crippen molar-refractivity contribution in [3.05, 3.63) is 59.4 Å². The number of H-pyrrole nitrogens is 1. The molecule has 210 valence electrons. The van der Waals surface area contributed by atoms with Crippen LogP contribution in [0.3, 0.4) is 0 Å². The summed E-state index contributed by atoms with van der Waals surface area (Å²) >= 11 is 0. The maximum Gasteiger partial charge on any atom is 0.315 e. The van der Waals surface area contributed by atoms with E-state index in [9.17, 15) is 14.4 Å². The van der Waals surface area contributed by atoms with Crippen molar-refractivity contribution in [3.63, 3.8) is 0 Å². The monoisotopic (exact) mass is 544 g/mol. The van der Waals surface area contributed by atoms with Gasteiger partial charge in [-0.05, 0) is 68.7 Å². The zero-order chi connectivity index (χ0) is 28.7. The van der Waals surface area contributed by atoms with Crippen LogP contribution in [0, 0.1) is 11.3 Å². The first-order chi connectivity index (χ1) is 19.2. The van der Waals surface area contributed by atoms with Crippen LogP contribution in [0.2, 0.25) is 0 Å². The highest BCUT2D eigenvalue weighted by atomic mass is 16.5. The average molecular weight is 545 g/mol. The molecule has 0 saturated carbocycles. The number of amides is 2. The molecular formula is C30H36N6O4. The van der Waals surface area contributed by atoms with E-state index in [1.807, 2.05) is 42.2 Å². The highest BCUT2D eigenvalue weighted by Gasteiger charge is 2.41. The number of rotatable bonds is 11. The summed E-state index contributed by atoms with van der Waals surface area (Å²) in [5.41, 5.74) is 2.89. The molecule has 10 heteroatoms. The van der Waals surface area contributed by atoms with E-state index < -0.39 is 17.3 Å². The fourth-order valence-electron chi connectivity index (χ4n) is 5.09. The summed E-state index contributed by atoms with van der Waals surface area (Å²) in [6.07, 6.45) is 2.20. The smallest absolute Gasteiger partial charge is 0.315 e. The summed E-state index contributed by atoms with van der Waals surface area (Å²) < 4.78 is 4.93. The third-order valence-corrected chi connectivity index (χ3v) is 7.32. The zero-order valence-corrected chi connectivity index (χ0v) is 23.3. The van der Waals surface area contributed by atoms with Crippen molar-refractivity contribution in [3.8, 4) is 6.07 Å². The number of imidazole rings is 1. The molecule has 40 heavy (non-hydrogen) atoms. The van der Waals surface area contributed by atoms with Gasteiger partial charge in [0.05, 0.1) is 34.7 Å². The second kappa shape index (κ2) is 12.6. The molecule has 2 amide bonds. The number of likely N-dealkylation sites (tertiary alicyclic amines) is 1. The molecule has 0 radical (unpaired) electrons. The molecule has 1 fully saturated rings. The van der Waals surface area contributed by atoms with Gasteiger partial charge in [0.15, 0.2) is 0 Å². The normalized spacial score (nSPS) is 14.4. The summed E-state index contributed by atoms with van der Waals surface area (Å²) in [6, 6.07) is 15.1. The fourth-order valence-corrected chi connectivity index (χ4v) is 5.09. The quantitative estimate of drug-likeness (QED) is 0.279. The van der Waals surface area contributed by atoms with Gasteiger partial charge in [0.2, 0.25) is 11.8 Å². The number of hydrogen-bond donors (Lipinski definition) is 2. The number of carbonyl (C=O) groups excluding carboxylic acids is 3. The molecule has 1 saturated heterocycles. The number of nitrogens with one attached hydrogen (secondary N) is 2. The van der Waals surface area contributed by atoms with Gasteiger partial charge in [0, 0.05) is 45.3 Å².